The zero-order valence-corrected chi connectivity index (χ0v) is 16.3. The molecule has 3 nitrogen and oxygen atoms in total. The van der Waals surface area contributed by atoms with Crippen LogP contribution < -0.4 is 0 Å². The fourth-order valence-corrected chi connectivity index (χ4v) is 2.98. The summed E-state index contributed by atoms with van der Waals surface area (Å²) in [6.45, 7) is 4.26. The molecule has 140 valence electrons. The second-order valence-corrected chi connectivity index (χ2v) is 7.49. The second-order valence-electron chi connectivity index (χ2n) is 7.49. The maximum atomic E-state index is 10.0. The van der Waals surface area contributed by atoms with Crippen LogP contribution in [0.2, 0.25) is 0 Å². The molecule has 0 aliphatic rings. The highest BCUT2D eigenvalue weighted by Gasteiger charge is 2.19. The summed E-state index contributed by atoms with van der Waals surface area (Å²) >= 11 is 0. The molecule has 0 spiro atoms. The van der Waals surface area contributed by atoms with Crippen LogP contribution in [0.5, 0.6) is 0 Å². The molecule has 0 radical (unpaired) electrons. The van der Waals surface area contributed by atoms with Gasteiger partial charge in [-0.2, -0.15) is 0 Å². The van der Waals surface area contributed by atoms with Crippen LogP contribution in [0, 0.1) is 0 Å². The van der Waals surface area contributed by atoms with Crippen LogP contribution >= 0.6 is 0 Å². The number of aliphatic hydroxyl groups is 2. The molecule has 23 heavy (non-hydrogen) atoms. The van der Waals surface area contributed by atoms with Crippen LogP contribution in [0.25, 0.3) is 0 Å². The van der Waals surface area contributed by atoms with E-state index in [1.165, 1.54) is 64.2 Å². The summed E-state index contributed by atoms with van der Waals surface area (Å²) in [5.74, 6) is 0. The average Bonchev–Trinajstić information content (AvgIpc) is 2.51. The quantitative estimate of drug-likeness (QED) is 0.402. The zero-order valence-electron chi connectivity index (χ0n) is 16.3. The number of unbranched alkanes of at least 4 members (excludes halogenated alkanes) is 10. The number of likely N-dealkylation sites (N-methyl/N-ethyl adjacent to an activating group) is 1. The summed E-state index contributed by atoms with van der Waals surface area (Å²) in [5.41, 5.74) is 0. The van der Waals surface area contributed by atoms with Crippen molar-refractivity contribution in [2.45, 2.75) is 116 Å². The highest BCUT2D eigenvalue weighted by Crippen LogP contribution is 2.15. The van der Waals surface area contributed by atoms with E-state index < -0.39 is 6.10 Å². The molecule has 3 heteroatoms. The summed E-state index contributed by atoms with van der Waals surface area (Å²) in [5, 5.41) is 20.0. The molecule has 0 fully saturated rings. The summed E-state index contributed by atoms with van der Waals surface area (Å²) in [6.07, 6.45) is 15.2. The van der Waals surface area contributed by atoms with Gasteiger partial charge < -0.3 is 15.1 Å². The monoisotopic (exact) mass is 329 g/mol. The molecule has 0 aliphatic heterocycles. The Morgan fingerprint density at radius 2 is 1.17 bits per heavy atom. The second kappa shape index (κ2) is 15.4. The molecule has 0 aliphatic carbocycles. The Labute approximate surface area is 145 Å². The van der Waals surface area contributed by atoms with Crippen molar-refractivity contribution < 1.29 is 10.2 Å². The molecule has 0 aromatic rings. The van der Waals surface area contributed by atoms with E-state index in [0.29, 0.717) is 6.42 Å². The molecule has 0 unspecified atom stereocenters. The summed E-state index contributed by atoms with van der Waals surface area (Å²) in [6, 6.07) is 0.0991. The van der Waals surface area contributed by atoms with E-state index in [2.05, 4.69) is 6.92 Å². The first-order chi connectivity index (χ1) is 11.0. The van der Waals surface area contributed by atoms with Crippen LogP contribution in [-0.2, 0) is 0 Å². The Hall–Kier alpha value is -0.120. The molecular formula is C20H43NO2. The smallest absolute Gasteiger partial charge is 0.0717 e. The van der Waals surface area contributed by atoms with Crippen molar-refractivity contribution >= 4 is 0 Å². The normalized spacial score (nSPS) is 15.8. The molecule has 3 atom stereocenters. The van der Waals surface area contributed by atoms with Gasteiger partial charge in [-0.15, -0.1) is 0 Å². The van der Waals surface area contributed by atoms with E-state index in [-0.39, 0.29) is 12.1 Å². The molecule has 0 aromatic heterocycles. The first-order valence-electron chi connectivity index (χ1n) is 10.0. The van der Waals surface area contributed by atoms with Gasteiger partial charge >= 0.3 is 0 Å². The predicted molar refractivity (Wildman–Crippen MR) is 101 cm³/mol. The number of hydrogen-bond donors (Lipinski definition) is 2. The van der Waals surface area contributed by atoms with Crippen LogP contribution in [0.15, 0.2) is 0 Å². The molecule has 0 saturated heterocycles. The predicted octanol–water partition coefficient (Wildman–Crippen LogP) is 4.75. The molecule has 2 N–H and O–H groups in total. The highest BCUT2D eigenvalue weighted by atomic mass is 16.3. The Kier molecular flexibility index (Phi) is 15.3. The van der Waals surface area contributed by atoms with Crippen molar-refractivity contribution in [2.75, 3.05) is 14.1 Å². The fourth-order valence-electron chi connectivity index (χ4n) is 2.98. The lowest BCUT2D eigenvalue weighted by atomic mass is 10.00. The van der Waals surface area contributed by atoms with Crippen molar-refractivity contribution in [3.05, 3.63) is 0 Å². The SMILES string of the molecule is CCCCCCCCCCCCC[C@H](O)C[C@H](O)[C@H](C)N(C)C. The summed E-state index contributed by atoms with van der Waals surface area (Å²) in [7, 11) is 3.92. The lowest BCUT2D eigenvalue weighted by Gasteiger charge is -2.26. The van der Waals surface area contributed by atoms with E-state index in [1.54, 1.807) is 0 Å². The number of nitrogens with zero attached hydrogens (tertiary/aromatic N) is 1. The molecule has 0 heterocycles. The van der Waals surface area contributed by atoms with Gasteiger partial charge in [-0.25, -0.2) is 0 Å². The van der Waals surface area contributed by atoms with Crippen molar-refractivity contribution in [1.29, 1.82) is 0 Å². The largest absolute Gasteiger partial charge is 0.393 e. The third-order valence-electron chi connectivity index (χ3n) is 5.03. The van der Waals surface area contributed by atoms with Gasteiger partial charge in [0.2, 0.25) is 0 Å². The van der Waals surface area contributed by atoms with Crippen molar-refractivity contribution in [3.8, 4) is 0 Å². The molecule has 0 bridgehead atoms. The van der Waals surface area contributed by atoms with Gasteiger partial charge in [0.15, 0.2) is 0 Å². The first kappa shape index (κ1) is 22.9. The Morgan fingerprint density at radius 3 is 1.61 bits per heavy atom. The lowest BCUT2D eigenvalue weighted by molar-refractivity contribution is 0.0304. The molecular weight excluding hydrogens is 286 g/mol. The minimum atomic E-state index is -0.437. The van der Waals surface area contributed by atoms with Gasteiger partial charge in [0.05, 0.1) is 12.2 Å². The number of rotatable bonds is 16. The van der Waals surface area contributed by atoms with Crippen molar-refractivity contribution in [1.82, 2.24) is 4.90 Å². The fraction of sp³-hybridized carbons (Fsp3) is 1.00. The van der Waals surface area contributed by atoms with Crippen LogP contribution in [-0.4, -0.2) is 47.5 Å². The van der Waals surface area contributed by atoms with Crippen LogP contribution in [0.4, 0.5) is 0 Å². The van der Waals surface area contributed by atoms with Gasteiger partial charge in [0.25, 0.3) is 0 Å². The van der Waals surface area contributed by atoms with Gasteiger partial charge in [-0.1, -0.05) is 77.6 Å². The Bertz CT molecular complexity index is 246. The highest BCUT2D eigenvalue weighted by molar-refractivity contribution is 4.74. The van der Waals surface area contributed by atoms with E-state index in [0.717, 1.165) is 12.8 Å². The molecule has 0 saturated carbocycles. The third-order valence-corrected chi connectivity index (χ3v) is 5.03. The Balaban J connectivity index is 3.37. The first-order valence-corrected chi connectivity index (χ1v) is 10.0. The summed E-state index contributed by atoms with van der Waals surface area (Å²) < 4.78 is 0. The van der Waals surface area contributed by atoms with Crippen LogP contribution in [0.1, 0.15) is 97.3 Å². The number of hydrogen-bond acceptors (Lipinski definition) is 3. The Morgan fingerprint density at radius 1 is 0.739 bits per heavy atom. The standard InChI is InChI=1S/C20H43NO2/c1-5-6-7-8-9-10-11-12-13-14-15-16-19(22)17-20(23)18(2)21(3)4/h18-20,22-23H,5-17H2,1-4H3/t18-,19-,20-/m0/s1. The minimum Gasteiger partial charge on any atom is -0.393 e. The van der Waals surface area contributed by atoms with Crippen molar-refractivity contribution in [3.63, 3.8) is 0 Å². The van der Waals surface area contributed by atoms with Crippen molar-refractivity contribution in [2.24, 2.45) is 0 Å². The maximum absolute atomic E-state index is 10.0. The topological polar surface area (TPSA) is 43.7 Å². The maximum Gasteiger partial charge on any atom is 0.0717 e. The average molecular weight is 330 g/mol. The molecule has 0 rings (SSSR count). The number of aliphatic hydroxyl groups excluding tert-OH is 2. The lowest BCUT2D eigenvalue weighted by Crippen LogP contribution is -2.38. The van der Waals surface area contributed by atoms with Gasteiger partial charge in [0.1, 0.15) is 0 Å². The van der Waals surface area contributed by atoms with Gasteiger partial charge in [0, 0.05) is 12.5 Å². The summed E-state index contributed by atoms with van der Waals surface area (Å²) in [4.78, 5) is 2.00. The molecule has 0 aromatic carbocycles. The van der Waals surface area contributed by atoms with Gasteiger partial charge in [-0.3, -0.25) is 0 Å². The van der Waals surface area contributed by atoms with E-state index in [1.807, 2.05) is 25.9 Å². The minimum absolute atomic E-state index is 0.0991. The molecule has 0 amide bonds. The van der Waals surface area contributed by atoms with E-state index in [9.17, 15) is 10.2 Å². The van der Waals surface area contributed by atoms with E-state index in [4.69, 9.17) is 0 Å². The zero-order chi connectivity index (χ0) is 17.5. The van der Waals surface area contributed by atoms with E-state index >= 15 is 0 Å². The third kappa shape index (κ3) is 14.0. The van der Waals surface area contributed by atoms with Crippen LogP contribution in [0.3, 0.4) is 0 Å². The van der Waals surface area contributed by atoms with Gasteiger partial charge in [-0.05, 0) is 27.4 Å².